The van der Waals surface area contributed by atoms with Crippen molar-refractivity contribution in [3.8, 4) is 5.75 Å². The molecule has 0 saturated carbocycles. The molecule has 0 saturated heterocycles. The molecule has 2 atom stereocenters. The van der Waals surface area contributed by atoms with Crippen LogP contribution in [0.4, 0.5) is 0 Å². The number of hydrogen-bond donors (Lipinski definition) is 1. The van der Waals surface area contributed by atoms with Crippen molar-refractivity contribution in [1.82, 2.24) is 0 Å². The van der Waals surface area contributed by atoms with Crippen LogP contribution in [0, 0.1) is 16.7 Å². The standard InChI is InChI=1S/C26H34O/c1-20(2)15-21-16-22(18-25(3)11-7-5-8-12-25)24(27)23(17-21)19-26(4)13-9-6-10-14-26/h5-11,13,16-17,20,27H,12,14-15,18-19H2,1-4H3. The van der Waals surface area contributed by atoms with Gasteiger partial charge in [-0.15, -0.1) is 0 Å². The Balaban J connectivity index is 1.94. The van der Waals surface area contributed by atoms with Gasteiger partial charge in [-0.3, -0.25) is 0 Å². The lowest BCUT2D eigenvalue weighted by atomic mass is 9.75. The summed E-state index contributed by atoms with van der Waals surface area (Å²) in [6.07, 6.45) is 22.4. The zero-order chi connectivity index (χ0) is 19.5. The molecule has 0 spiro atoms. The number of phenolic OH excluding ortho intramolecular Hbond substituents is 1. The maximum atomic E-state index is 11.2. The molecule has 1 N–H and O–H groups in total. The predicted octanol–water partition coefficient (Wildman–Crippen LogP) is 6.72. The van der Waals surface area contributed by atoms with Crippen molar-refractivity contribution in [2.75, 3.05) is 0 Å². The number of benzene rings is 1. The van der Waals surface area contributed by atoms with Crippen molar-refractivity contribution in [1.29, 1.82) is 0 Å². The Kier molecular flexibility index (Phi) is 5.79. The molecule has 0 amide bonds. The van der Waals surface area contributed by atoms with Gasteiger partial charge in [0, 0.05) is 0 Å². The molecule has 1 aromatic rings. The Labute approximate surface area is 165 Å². The topological polar surface area (TPSA) is 20.2 Å². The lowest BCUT2D eigenvalue weighted by Gasteiger charge is -2.30. The van der Waals surface area contributed by atoms with Crippen molar-refractivity contribution in [2.45, 2.75) is 59.8 Å². The lowest BCUT2D eigenvalue weighted by molar-refractivity contribution is 0.389. The first-order chi connectivity index (χ1) is 12.8. The summed E-state index contributed by atoms with van der Waals surface area (Å²) in [6, 6.07) is 4.49. The van der Waals surface area contributed by atoms with Crippen molar-refractivity contribution in [3.05, 3.63) is 77.4 Å². The Hall–Kier alpha value is -2.02. The largest absolute Gasteiger partial charge is 0.507 e. The van der Waals surface area contributed by atoms with Gasteiger partial charge in [0.2, 0.25) is 0 Å². The summed E-state index contributed by atoms with van der Waals surface area (Å²) in [4.78, 5) is 0. The molecule has 0 bridgehead atoms. The summed E-state index contributed by atoms with van der Waals surface area (Å²) >= 11 is 0. The lowest BCUT2D eigenvalue weighted by Crippen LogP contribution is -2.20. The zero-order valence-electron chi connectivity index (χ0n) is 17.3. The van der Waals surface area contributed by atoms with E-state index in [1.54, 1.807) is 0 Å². The first-order valence-corrected chi connectivity index (χ1v) is 10.3. The average molecular weight is 363 g/mol. The van der Waals surface area contributed by atoms with Gasteiger partial charge in [-0.1, -0.05) is 88.4 Å². The Morgan fingerprint density at radius 1 is 0.852 bits per heavy atom. The van der Waals surface area contributed by atoms with Gasteiger partial charge in [0.1, 0.15) is 5.75 Å². The molecule has 0 aliphatic heterocycles. The fraction of sp³-hybridized carbons (Fsp3) is 0.462. The van der Waals surface area contributed by atoms with Crippen LogP contribution in [0.15, 0.2) is 60.7 Å². The Bertz CT molecular complexity index is 733. The van der Waals surface area contributed by atoms with Crippen LogP contribution in [-0.2, 0) is 19.3 Å². The molecule has 2 aliphatic carbocycles. The number of aromatic hydroxyl groups is 1. The number of rotatable bonds is 6. The summed E-state index contributed by atoms with van der Waals surface area (Å²) in [5, 5.41) is 11.2. The first kappa shape index (κ1) is 19.7. The van der Waals surface area contributed by atoms with Crippen LogP contribution in [0.3, 0.4) is 0 Å². The molecule has 1 heteroatoms. The highest BCUT2D eigenvalue weighted by Crippen LogP contribution is 2.40. The molecule has 1 aromatic carbocycles. The highest BCUT2D eigenvalue weighted by Gasteiger charge is 2.27. The summed E-state index contributed by atoms with van der Waals surface area (Å²) in [5.74, 6) is 1.12. The molecule has 1 nitrogen and oxygen atoms in total. The third-order valence-electron chi connectivity index (χ3n) is 5.82. The average Bonchev–Trinajstić information content (AvgIpc) is 2.59. The Morgan fingerprint density at radius 2 is 1.33 bits per heavy atom. The van der Waals surface area contributed by atoms with Crippen LogP contribution < -0.4 is 0 Å². The fourth-order valence-corrected chi connectivity index (χ4v) is 4.37. The second kappa shape index (κ2) is 7.92. The van der Waals surface area contributed by atoms with E-state index < -0.39 is 0 Å². The molecule has 0 aromatic heterocycles. The van der Waals surface area contributed by atoms with Gasteiger partial charge in [0.15, 0.2) is 0 Å². The molecule has 3 rings (SSSR count). The first-order valence-electron chi connectivity index (χ1n) is 10.3. The van der Waals surface area contributed by atoms with Crippen LogP contribution in [0.25, 0.3) is 0 Å². The molecule has 0 heterocycles. The van der Waals surface area contributed by atoms with Crippen LogP contribution in [-0.4, -0.2) is 5.11 Å². The van der Waals surface area contributed by atoms with Gasteiger partial charge in [0.05, 0.1) is 0 Å². The van der Waals surface area contributed by atoms with Crippen molar-refractivity contribution >= 4 is 0 Å². The smallest absolute Gasteiger partial charge is 0.122 e. The predicted molar refractivity (Wildman–Crippen MR) is 116 cm³/mol. The highest BCUT2D eigenvalue weighted by atomic mass is 16.3. The van der Waals surface area contributed by atoms with Crippen LogP contribution >= 0.6 is 0 Å². The molecular weight excluding hydrogens is 328 g/mol. The third-order valence-corrected chi connectivity index (χ3v) is 5.82. The summed E-state index contributed by atoms with van der Waals surface area (Å²) in [6.45, 7) is 9.10. The fourth-order valence-electron chi connectivity index (χ4n) is 4.37. The minimum atomic E-state index is 0.0807. The van der Waals surface area contributed by atoms with E-state index in [0.29, 0.717) is 11.7 Å². The third kappa shape index (κ3) is 5.03. The second-order valence-corrected chi connectivity index (χ2v) is 9.51. The summed E-state index contributed by atoms with van der Waals surface area (Å²) in [5.41, 5.74) is 3.72. The quantitative estimate of drug-likeness (QED) is 0.595. The molecule has 0 radical (unpaired) electrons. The maximum absolute atomic E-state index is 11.2. The minimum Gasteiger partial charge on any atom is -0.507 e. The van der Waals surface area contributed by atoms with Crippen molar-refractivity contribution in [3.63, 3.8) is 0 Å². The molecular formula is C26H34O. The van der Waals surface area contributed by atoms with Crippen LogP contribution in [0.5, 0.6) is 5.75 Å². The molecule has 2 unspecified atom stereocenters. The molecule has 144 valence electrons. The van der Waals surface area contributed by atoms with E-state index in [-0.39, 0.29) is 10.8 Å². The maximum Gasteiger partial charge on any atom is 0.122 e. The van der Waals surface area contributed by atoms with Gasteiger partial charge in [-0.2, -0.15) is 0 Å². The van der Waals surface area contributed by atoms with E-state index in [9.17, 15) is 5.11 Å². The van der Waals surface area contributed by atoms with Crippen LogP contribution in [0.1, 0.15) is 57.2 Å². The number of phenols is 1. The Morgan fingerprint density at radius 3 is 1.70 bits per heavy atom. The highest BCUT2D eigenvalue weighted by molar-refractivity contribution is 5.46. The van der Waals surface area contributed by atoms with Gasteiger partial charge in [0.25, 0.3) is 0 Å². The van der Waals surface area contributed by atoms with E-state index in [1.807, 2.05) is 0 Å². The summed E-state index contributed by atoms with van der Waals surface area (Å²) in [7, 11) is 0. The minimum absolute atomic E-state index is 0.0807. The van der Waals surface area contributed by atoms with Gasteiger partial charge < -0.3 is 5.11 Å². The molecule has 0 fully saturated rings. The monoisotopic (exact) mass is 362 g/mol. The van der Waals surface area contributed by atoms with Gasteiger partial charge in [-0.05, 0) is 65.5 Å². The van der Waals surface area contributed by atoms with E-state index in [2.05, 4.69) is 88.4 Å². The van der Waals surface area contributed by atoms with E-state index >= 15 is 0 Å². The zero-order valence-corrected chi connectivity index (χ0v) is 17.3. The van der Waals surface area contributed by atoms with E-state index in [4.69, 9.17) is 0 Å². The van der Waals surface area contributed by atoms with Gasteiger partial charge in [-0.25, -0.2) is 0 Å². The normalized spacial score (nSPS) is 26.9. The van der Waals surface area contributed by atoms with E-state index in [1.165, 1.54) is 5.56 Å². The summed E-state index contributed by atoms with van der Waals surface area (Å²) < 4.78 is 0. The van der Waals surface area contributed by atoms with E-state index in [0.717, 1.165) is 43.2 Å². The SMILES string of the molecule is CC(C)Cc1cc(CC2(C)C=CC=CC2)c(O)c(CC2(C)C=CC=CC2)c1. The van der Waals surface area contributed by atoms with Crippen molar-refractivity contribution in [2.24, 2.45) is 16.7 Å². The second-order valence-electron chi connectivity index (χ2n) is 9.51. The van der Waals surface area contributed by atoms with Crippen molar-refractivity contribution < 1.29 is 5.11 Å². The molecule has 2 aliphatic rings. The number of hydrogen-bond acceptors (Lipinski definition) is 1. The van der Waals surface area contributed by atoms with Crippen LogP contribution in [0.2, 0.25) is 0 Å². The number of allylic oxidation sites excluding steroid dienone is 8. The molecule has 27 heavy (non-hydrogen) atoms. The van der Waals surface area contributed by atoms with Gasteiger partial charge >= 0.3 is 0 Å².